The third-order valence-electron chi connectivity index (χ3n) is 7.03. The van der Waals surface area contributed by atoms with E-state index in [1.807, 2.05) is 18.2 Å². The summed E-state index contributed by atoms with van der Waals surface area (Å²) in [6.45, 7) is 1.80. The molecule has 2 fully saturated rings. The maximum atomic E-state index is 13.3. The van der Waals surface area contributed by atoms with E-state index >= 15 is 0 Å². The minimum absolute atomic E-state index is 0.203. The Hall–Kier alpha value is -1.88. The van der Waals surface area contributed by atoms with Gasteiger partial charge in [-0.15, -0.1) is 0 Å². The van der Waals surface area contributed by atoms with Gasteiger partial charge in [0.25, 0.3) is 0 Å². The minimum atomic E-state index is 0.203. The lowest BCUT2D eigenvalue weighted by Gasteiger charge is -2.51. The molecule has 166 valence electrons. The molecular formula is C26H33ClN2O2. The fourth-order valence-corrected chi connectivity index (χ4v) is 5.70. The summed E-state index contributed by atoms with van der Waals surface area (Å²) in [6.07, 6.45) is 5.52. The zero-order valence-corrected chi connectivity index (χ0v) is 18.8. The standard InChI is InChI=1S/C26H33ClN2O2/c27-21-12-10-20(11-13-21)22-18-25(31)29(16-14-19-6-2-1-3-7-19)24-9-4-8-23(26(22)24)28-15-5-17-30/h1-3,6-7,10-13,22-24,26,28,30H,4-5,8-9,14-18H2/t22-,23+,24-,26+/m1/s1. The average Bonchev–Trinajstić information content (AvgIpc) is 2.79. The molecule has 1 aliphatic heterocycles. The Labute approximate surface area is 190 Å². The molecule has 1 aliphatic carbocycles. The van der Waals surface area contributed by atoms with Crippen molar-refractivity contribution in [3.05, 3.63) is 70.7 Å². The molecule has 31 heavy (non-hydrogen) atoms. The van der Waals surface area contributed by atoms with Crippen molar-refractivity contribution in [3.8, 4) is 0 Å². The zero-order chi connectivity index (χ0) is 21.6. The van der Waals surface area contributed by atoms with E-state index in [0.717, 1.165) is 50.2 Å². The number of carbonyl (C=O) groups excluding carboxylic acids is 1. The van der Waals surface area contributed by atoms with Gasteiger partial charge in [0, 0.05) is 42.6 Å². The lowest BCUT2D eigenvalue weighted by Crippen LogP contribution is -2.59. The zero-order valence-electron chi connectivity index (χ0n) is 18.1. The SMILES string of the molecule is O=C1C[C@H](c2ccc(Cl)cc2)[C@H]2[C@@H](NCCCO)CCC[C@H]2N1CCc1ccccc1. The second kappa shape index (κ2) is 10.6. The molecule has 1 saturated carbocycles. The highest BCUT2D eigenvalue weighted by molar-refractivity contribution is 6.30. The van der Waals surface area contributed by atoms with Crippen LogP contribution in [0.1, 0.15) is 49.1 Å². The molecule has 0 radical (unpaired) electrons. The number of hydrogen-bond acceptors (Lipinski definition) is 3. The van der Waals surface area contributed by atoms with Crippen molar-refractivity contribution in [1.82, 2.24) is 10.2 Å². The van der Waals surface area contributed by atoms with Gasteiger partial charge in [0.15, 0.2) is 0 Å². The first kappa shape index (κ1) is 22.3. The highest BCUT2D eigenvalue weighted by atomic mass is 35.5. The number of aliphatic hydroxyl groups excluding tert-OH is 1. The topological polar surface area (TPSA) is 52.6 Å². The molecule has 1 amide bonds. The first-order chi connectivity index (χ1) is 15.2. The Bertz CT molecular complexity index is 842. The number of nitrogens with zero attached hydrogens (tertiary/aromatic N) is 1. The van der Waals surface area contributed by atoms with Crippen LogP contribution in [0.15, 0.2) is 54.6 Å². The van der Waals surface area contributed by atoms with E-state index in [-0.39, 0.29) is 24.5 Å². The van der Waals surface area contributed by atoms with Gasteiger partial charge in [0.2, 0.25) is 5.91 Å². The maximum Gasteiger partial charge on any atom is 0.223 e. The summed E-state index contributed by atoms with van der Waals surface area (Å²) >= 11 is 6.14. The summed E-state index contributed by atoms with van der Waals surface area (Å²) < 4.78 is 0. The van der Waals surface area contributed by atoms with Gasteiger partial charge in [0.1, 0.15) is 0 Å². The second-order valence-electron chi connectivity index (χ2n) is 8.90. The number of aliphatic hydroxyl groups is 1. The van der Waals surface area contributed by atoms with Gasteiger partial charge in [-0.2, -0.15) is 0 Å². The normalized spacial score (nSPS) is 26.0. The van der Waals surface area contributed by atoms with E-state index in [4.69, 9.17) is 11.6 Å². The number of hydrogen-bond donors (Lipinski definition) is 2. The monoisotopic (exact) mass is 440 g/mol. The van der Waals surface area contributed by atoms with E-state index in [9.17, 15) is 9.90 Å². The lowest BCUT2D eigenvalue weighted by molar-refractivity contribution is -0.142. The van der Waals surface area contributed by atoms with Gasteiger partial charge in [-0.3, -0.25) is 4.79 Å². The van der Waals surface area contributed by atoms with Crippen molar-refractivity contribution in [2.45, 2.75) is 56.5 Å². The molecule has 4 atom stereocenters. The quantitative estimate of drug-likeness (QED) is 0.598. The van der Waals surface area contributed by atoms with E-state index < -0.39 is 0 Å². The van der Waals surface area contributed by atoms with Crippen molar-refractivity contribution >= 4 is 17.5 Å². The lowest BCUT2D eigenvalue weighted by atomic mass is 9.66. The number of likely N-dealkylation sites (tertiary alicyclic amines) is 1. The molecule has 2 N–H and O–H groups in total. The molecule has 0 aromatic heterocycles. The number of benzene rings is 2. The van der Waals surface area contributed by atoms with Crippen LogP contribution in [0.3, 0.4) is 0 Å². The summed E-state index contributed by atoms with van der Waals surface area (Å²) in [7, 11) is 0. The number of nitrogens with one attached hydrogen (secondary N) is 1. The van der Waals surface area contributed by atoms with Crippen LogP contribution in [-0.4, -0.2) is 47.7 Å². The van der Waals surface area contributed by atoms with Gasteiger partial charge in [-0.05, 0) is 67.8 Å². The third-order valence-corrected chi connectivity index (χ3v) is 7.28. The van der Waals surface area contributed by atoms with Crippen molar-refractivity contribution < 1.29 is 9.90 Å². The van der Waals surface area contributed by atoms with Crippen LogP contribution in [-0.2, 0) is 11.2 Å². The predicted octanol–water partition coefficient (Wildman–Crippen LogP) is 4.41. The largest absolute Gasteiger partial charge is 0.396 e. The average molecular weight is 441 g/mol. The molecule has 4 rings (SSSR count). The summed E-state index contributed by atoms with van der Waals surface area (Å²) in [5, 5.41) is 13.7. The highest BCUT2D eigenvalue weighted by Crippen LogP contribution is 2.45. The summed E-state index contributed by atoms with van der Waals surface area (Å²) in [6, 6.07) is 19.1. The summed E-state index contributed by atoms with van der Waals surface area (Å²) in [4.78, 5) is 15.5. The number of piperidine rings is 1. The van der Waals surface area contributed by atoms with Crippen LogP contribution in [0.25, 0.3) is 0 Å². The van der Waals surface area contributed by atoms with E-state index in [2.05, 4.69) is 46.6 Å². The molecule has 2 aromatic rings. The number of amides is 1. The predicted molar refractivity (Wildman–Crippen MR) is 125 cm³/mol. The first-order valence-electron chi connectivity index (χ1n) is 11.6. The van der Waals surface area contributed by atoms with Gasteiger partial charge in [0.05, 0.1) is 0 Å². The molecule has 4 nitrogen and oxygen atoms in total. The minimum Gasteiger partial charge on any atom is -0.396 e. The number of halogens is 1. The van der Waals surface area contributed by atoms with E-state index in [1.165, 1.54) is 11.1 Å². The molecule has 0 unspecified atom stereocenters. The fourth-order valence-electron chi connectivity index (χ4n) is 5.58. The second-order valence-corrected chi connectivity index (χ2v) is 9.33. The smallest absolute Gasteiger partial charge is 0.223 e. The molecular weight excluding hydrogens is 408 g/mol. The Kier molecular flexibility index (Phi) is 7.65. The highest BCUT2D eigenvalue weighted by Gasteiger charge is 2.47. The van der Waals surface area contributed by atoms with Crippen LogP contribution in [0.2, 0.25) is 5.02 Å². The molecule has 2 aromatic carbocycles. The number of carbonyl (C=O) groups is 1. The molecule has 1 saturated heterocycles. The molecule has 1 heterocycles. The van der Waals surface area contributed by atoms with Crippen LogP contribution in [0, 0.1) is 5.92 Å². The van der Waals surface area contributed by atoms with Gasteiger partial charge in [-0.25, -0.2) is 0 Å². The van der Waals surface area contributed by atoms with Crippen LogP contribution >= 0.6 is 11.6 Å². The third kappa shape index (κ3) is 5.31. The van der Waals surface area contributed by atoms with Crippen LogP contribution < -0.4 is 5.32 Å². The summed E-state index contributed by atoms with van der Waals surface area (Å²) in [5.74, 6) is 0.852. The number of fused-ring (bicyclic) bond motifs is 1. The molecule has 2 aliphatic rings. The summed E-state index contributed by atoms with van der Waals surface area (Å²) in [5.41, 5.74) is 2.49. The molecule has 0 spiro atoms. The van der Waals surface area contributed by atoms with Gasteiger partial charge in [-0.1, -0.05) is 54.1 Å². The van der Waals surface area contributed by atoms with Crippen molar-refractivity contribution in [3.63, 3.8) is 0 Å². The van der Waals surface area contributed by atoms with Gasteiger partial charge >= 0.3 is 0 Å². The van der Waals surface area contributed by atoms with Crippen molar-refractivity contribution in [1.29, 1.82) is 0 Å². The van der Waals surface area contributed by atoms with Crippen LogP contribution in [0.5, 0.6) is 0 Å². The molecule has 5 heteroatoms. The van der Waals surface area contributed by atoms with Gasteiger partial charge < -0.3 is 15.3 Å². The Morgan fingerprint density at radius 3 is 2.58 bits per heavy atom. The maximum absolute atomic E-state index is 13.3. The van der Waals surface area contributed by atoms with E-state index in [0.29, 0.717) is 18.4 Å². The van der Waals surface area contributed by atoms with Crippen molar-refractivity contribution in [2.75, 3.05) is 19.7 Å². The first-order valence-corrected chi connectivity index (χ1v) is 12.0. The van der Waals surface area contributed by atoms with Crippen molar-refractivity contribution in [2.24, 2.45) is 5.92 Å². The fraction of sp³-hybridized carbons (Fsp3) is 0.500. The Balaban J connectivity index is 1.58. The van der Waals surface area contributed by atoms with E-state index in [1.54, 1.807) is 0 Å². The Morgan fingerprint density at radius 1 is 1.06 bits per heavy atom. The number of rotatable bonds is 8. The Morgan fingerprint density at radius 2 is 1.84 bits per heavy atom. The molecule has 0 bridgehead atoms. The van der Waals surface area contributed by atoms with Crippen LogP contribution in [0.4, 0.5) is 0 Å².